The molecule has 0 fully saturated rings. The van der Waals surface area contributed by atoms with E-state index in [0.717, 1.165) is 5.56 Å². The Balaban J connectivity index is 2.07. The second-order valence-electron chi connectivity index (χ2n) is 4.74. The molecule has 1 aromatic carbocycles. The lowest BCUT2D eigenvalue weighted by molar-refractivity contribution is 0.0526. The Kier molecular flexibility index (Phi) is 4.32. The highest BCUT2D eigenvalue weighted by Gasteiger charge is 2.23. The summed E-state index contributed by atoms with van der Waals surface area (Å²) in [5.74, 6) is -0.303. The van der Waals surface area contributed by atoms with Crippen molar-refractivity contribution in [1.29, 1.82) is 0 Å². The van der Waals surface area contributed by atoms with Crippen LogP contribution < -0.4 is 5.32 Å². The molecule has 1 amide bonds. The Bertz CT molecular complexity index is 650. The van der Waals surface area contributed by atoms with Gasteiger partial charge in [0.15, 0.2) is 0 Å². The van der Waals surface area contributed by atoms with Gasteiger partial charge in [-0.2, -0.15) is 0 Å². The van der Waals surface area contributed by atoms with E-state index in [1.807, 2.05) is 30.3 Å². The van der Waals surface area contributed by atoms with Gasteiger partial charge in [-0.05, 0) is 24.6 Å². The van der Waals surface area contributed by atoms with Crippen molar-refractivity contribution in [2.45, 2.75) is 12.5 Å². The molecule has 0 aliphatic heterocycles. The quantitative estimate of drug-likeness (QED) is 0.757. The van der Waals surface area contributed by atoms with Gasteiger partial charge in [-0.3, -0.25) is 4.79 Å². The maximum Gasteiger partial charge on any atom is 0.254 e. The van der Waals surface area contributed by atoms with Gasteiger partial charge in [-0.15, -0.1) is 0 Å². The van der Waals surface area contributed by atoms with Gasteiger partial charge < -0.3 is 15.4 Å². The number of aliphatic hydroxyl groups is 1. The Labute approximate surface area is 122 Å². The summed E-state index contributed by atoms with van der Waals surface area (Å²) in [4.78, 5) is 14.8. The van der Waals surface area contributed by atoms with E-state index in [9.17, 15) is 9.90 Å². The maximum atomic E-state index is 12.0. The lowest BCUT2D eigenvalue weighted by atomic mass is 9.96. The van der Waals surface area contributed by atoms with E-state index >= 15 is 0 Å². The van der Waals surface area contributed by atoms with Crippen molar-refractivity contribution in [3.8, 4) is 0 Å². The van der Waals surface area contributed by atoms with Gasteiger partial charge in [0.2, 0.25) is 0 Å². The normalized spacial score (nSPS) is 13.5. The molecule has 20 heavy (non-hydrogen) atoms. The molecule has 1 atom stereocenters. The molecule has 1 heterocycles. The first-order chi connectivity index (χ1) is 9.50. The first kappa shape index (κ1) is 14.4. The van der Waals surface area contributed by atoms with Crippen molar-refractivity contribution in [2.24, 2.45) is 0 Å². The third-order valence-electron chi connectivity index (χ3n) is 3.05. The van der Waals surface area contributed by atoms with Crippen molar-refractivity contribution in [3.05, 3.63) is 64.4 Å². The number of amides is 1. The molecule has 0 spiro atoms. The maximum absolute atomic E-state index is 12.0. The topological polar surface area (TPSA) is 65.1 Å². The molecule has 0 aliphatic rings. The first-order valence-electron chi connectivity index (χ1n) is 6.24. The fourth-order valence-corrected chi connectivity index (χ4v) is 2.08. The average molecular weight is 288 g/mol. The number of aromatic nitrogens is 1. The highest BCUT2D eigenvalue weighted by Crippen LogP contribution is 2.19. The number of hydrogen-bond acceptors (Lipinski definition) is 3. The molecule has 4 nitrogen and oxygen atoms in total. The number of H-pyrrole nitrogens is 1. The molecule has 2 aromatic rings. The average Bonchev–Trinajstić information content (AvgIpc) is 2.46. The Morgan fingerprint density at radius 3 is 2.65 bits per heavy atom. The zero-order valence-electron chi connectivity index (χ0n) is 11.1. The number of benzene rings is 1. The van der Waals surface area contributed by atoms with Gasteiger partial charge >= 0.3 is 0 Å². The summed E-state index contributed by atoms with van der Waals surface area (Å²) in [7, 11) is 0. The Hall–Kier alpha value is -1.98. The van der Waals surface area contributed by atoms with E-state index in [4.69, 9.17) is 12.2 Å². The van der Waals surface area contributed by atoms with E-state index < -0.39 is 5.60 Å². The molecule has 0 radical (unpaired) electrons. The van der Waals surface area contributed by atoms with Crippen LogP contribution in [0.5, 0.6) is 0 Å². The van der Waals surface area contributed by atoms with Crippen molar-refractivity contribution in [2.75, 3.05) is 6.54 Å². The van der Waals surface area contributed by atoms with Gasteiger partial charge in [0.05, 0.1) is 12.1 Å². The third kappa shape index (κ3) is 3.31. The summed E-state index contributed by atoms with van der Waals surface area (Å²) in [5, 5.41) is 13.1. The summed E-state index contributed by atoms with van der Waals surface area (Å²) in [6.07, 6.45) is 1.67. The summed E-state index contributed by atoms with van der Waals surface area (Å²) >= 11 is 5.05. The van der Waals surface area contributed by atoms with E-state index in [-0.39, 0.29) is 12.5 Å². The van der Waals surface area contributed by atoms with Crippen LogP contribution in [0.1, 0.15) is 22.8 Å². The first-order valence-corrected chi connectivity index (χ1v) is 6.65. The van der Waals surface area contributed by atoms with Crippen molar-refractivity contribution in [3.63, 3.8) is 0 Å². The summed E-state index contributed by atoms with van der Waals surface area (Å²) in [6, 6.07) is 12.6. The van der Waals surface area contributed by atoms with Crippen molar-refractivity contribution < 1.29 is 9.90 Å². The lowest BCUT2D eigenvalue weighted by Gasteiger charge is -2.24. The molecular formula is C15H16N2O2S. The smallest absolute Gasteiger partial charge is 0.254 e. The largest absolute Gasteiger partial charge is 0.384 e. The van der Waals surface area contributed by atoms with Crippen molar-refractivity contribution >= 4 is 18.1 Å². The van der Waals surface area contributed by atoms with Crippen LogP contribution in [0.15, 0.2) is 48.7 Å². The number of aromatic amines is 1. The summed E-state index contributed by atoms with van der Waals surface area (Å²) < 4.78 is 0.379. The zero-order valence-corrected chi connectivity index (χ0v) is 11.9. The third-order valence-corrected chi connectivity index (χ3v) is 3.39. The molecular weight excluding hydrogens is 272 g/mol. The van der Waals surface area contributed by atoms with Crippen LogP contribution in [0, 0.1) is 4.64 Å². The molecule has 0 bridgehead atoms. The Morgan fingerprint density at radius 1 is 1.30 bits per heavy atom. The number of hydrogen-bond donors (Lipinski definition) is 3. The van der Waals surface area contributed by atoms with Gasteiger partial charge in [0.25, 0.3) is 5.91 Å². The highest BCUT2D eigenvalue weighted by molar-refractivity contribution is 7.71. The lowest BCUT2D eigenvalue weighted by Crippen LogP contribution is -2.38. The fourth-order valence-electron chi connectivity index (χ4n) is 1.85. The number of carbonyl (C=O) groups is 1. The molecule has 5 heteroatoms. The van der Waals surface area contributed by atoms with Crippen LogP contribution in [-0.4, -0.2) is 22.5 Å². The molecule has 3 N–H and O–H groups in total. The minimum Gasteiger partial charge on any atom is -0.384 e. The fraction of sp³-hybridized carbons (Fsp3) is 0.200. The van der Waals surface area contributed by atoms with Crippen molar-refractivity contribution in [1.82, 2.24) is 10.3 Å². The van der Waals surface area contributed by atoms with E-state index in [1.54, 1.807) is 25.3 Å². The standard InChI is InChI=1S/C15H16N2O2S/c1-15(19,11-6-3-2-4-7-11)10-17-13(18)12-8-5-9-16-14(12)20/h2-9,19H,10H2,1H3,(H,16,20)(H,17,18). The number of rotatable bonds is 4. The predicted octanol–water partition coefficient (Wildman–Crippen LogP) is 2.38. The molecule has 2 rings (SSSR count). The van der Waals surface area contributed by atoms with Crippen LogP contribution >= 0.6 is 12.2 Å². The van der Waals surface area contributed by atoms with Gasteiger partial charge in [-0.25, -0.2) is 0 Å². The minimum absolute atomic E-state index is 0.111. The highest BCUT2D eigenvalue weighted by atomic mass is 32.1. The number of carbonyl (C=O) groups excluding carboxylic acids is 1. The van der Waals surface area contributed by atoms with Crippen LogP contribution in [0.25, 0.3) is 0 Å². The van der Waals surface area contributed by atoms with Gasteiger partial charge in [0, 0.05) is 6.20 Å². The summed E-state index contributed by atoms with van der Waals surface area (Å²) in [6.45, 7) is 1.77. The molecule has 1 unspecified atom stereocenters. The SMILES string of the molecule is CC(O)(CNC(=O)c1ccc[nH]c1=S)c1ccccc1. The van der Waals surface area contributed by atoms with Crippen LogP contribution in [-0.2, 0) is 5.60 Å². The summed E-state index contributed by atoms with van der Waals surface area (Å²) in [5.41, 5.74) is 0.0155. The van der Waals surface area contributed by atoms with Crippen LogP contribution in [0.3, 0.4) is 0 Å². The molecule has 0 saturated carbocycles. The Morgan fingerprint density at radius 2 is 2.00 bits per heavy atom. The molecule has 104 valence electrons. The van der Waals surface area contributed by atoms with Crippen LogP contribution in [0.4, 0.5) is 0 Å². The van der Waals surface area contributed by atoms with Gasteiger partial charge in [-0.1, -0.05) is 42.5 Å². The molecule has 0 aliphatic carbocycles. The van der Waals surface area contributed by atoms with Gasteiger partial charge in [0.1, 0.15) is 10.2 Å². The van der Waals surface area contributed by atoms with E-state index in [0.29, 0.717) is 10.2 Å². The van der Waals surface area contributed by atoms with E-state index in [2.05, 4.69) is 10.3 Å². The monoisotopic (exact) mass is 288 g/mol. The number of nitrogens with one attached hydrogen (secondary N) is 2. The zero-order chi connectivity index (χ0) is 14.6. The second-order valence-corrected chi connectivity index (χ2v) is 5.14. The predicted molar refractivity (Wildman–Crippen MR) is 80.0 cm³/mol. The molecule has 1 aromatic heterocycles. The second kappa shape index (κ2) is 5.98. The molecule has 0 saturated heterocycles. The minimum atomic E-state index is -1.13. The van der Waals surface area contributed by atoms with E-state index in [1.165, 1.54) is 0 Å². The van der Waals surface area contributed by atoms with Crippen LogP contribution in [0.2, 0.25) is 0 Å². The number of pyridine rings is 1.